The van der Waals surface area contributed by atoms with Crippen molar-refractivity contribution in [3.8, 4) is 0 Å². The molecular formula is C29H54N8O4S3. The van der Waals surface area contributed by atoms with E-state index in [1.165, 1.54) is 22.7 Å². The highest BCUT2D eigenvalue weighted by atomic mass is 32.2. The highest BCUT2D eigenvalue weighted by Gasteiger charge is 2.21. The number of hydrogen-bond acceptors (Lipinski definition) is 13. The van der Waals surface area contributed by atoms with Gasteiger partial charge in [-0.2, -0.15) is 11.8 Å². The van der Waals surface area contributed by atoms with Gasteiger partial charge in [-0.25, -0.2) is 0 Å². The maximum Gasteiger partial charge on any atom is 0.293 e. The summed E-state index contributed by atoms with van der Waals surface area (Å²) >= 11 is 4.64. The number of aryl methyl sites for hydroxylation is 2. The van der Waals surface area contributed by atoms with Gasteiger partial charge in [0.05, 0.1) is 6.04 Å². The van der Waals surface area contributed by atoms with E-state index in [0.29, 0.717) is 34.8 Å². The zero-order valence-corrected chi connectivity index (χ0v) is 30.7. The van der Waals surface area contributed by atoms with Gasteiger partial charge in [0, 0.05) is 19.3 Å². The Kier molecular flexibility index (Phi) is 24.4. The molecule has 0 fully saturated rings. The minimum atomic E-state index is -0.318. The molecule has 0 saturated carbocycles. The van der Waals surface area contributed by atoms with Gasteiger partial charge in [0.1, 0.15) is 15.6 Å². The highest BCUT2D eigenvalue weighted by molar-refractivity contribution is 7.99. The molecule has 0 aliphatic heterocycles. The van der Waals surface area contributed by atoms with Crippen molar-refractivity contribution in [2.45, 2.75) is 100 Å². The first-order valence-electron chi connectivity index (χ1n) is 14.6. The number of aromatic nitrogens is 4. The van der Waals surface area contributed by atoms with Crippen LogP contribution in [0.1, 0.15) is 85.7 Å². The fourth-order valence-electron chi connectivity index (χ4n) is 2.87. The smallest absolute Gasteiger partial charge is 0.293 e. The van der Waals surface area contributed by atoms with Crippen molar-refractivity contribution < 1.29 is 19.1 Å². The molecule has 44 heavy (non-hydrogen) atoms. The van der Waals surface area contributed by atoms with Crippen LogP contribution in [0.15, 0.2) is 12.3 Å². The van der Waals surface area contributed by atoms with Crippen LogP contribution in [-0.2, 0) is 32.0 Å². The van der Waals surface area contributed by atoms with Crippen molar-refractivity contribution in [2.24, 2.45) is 17.6 Å². The van der Waals surface area contributed by atoms with Crippen LogP contribution in [0.25, 0.3) is 0 Å². The lowest BCUT2D eigenvalue weighted by atomic mass is 10.0. The van der Waals surface area contributed by atoms with Crippen LogP contribution < -0.4 is 21.7 Å². The lowest BCUT2D eigenvalue weighted by Gasteiger charge is -2.18. The maximum absolute atomic E-state index is 12.3. The Balaban J connectivity index is 0. The molecule has 2 heterocycles. The maximum atomic E-state index is 12.3. The molecule has 15 heteroatoms. The number of hydrogen-bond donors (Lipinski definition) is 4. The molecule has 2 rings (SSSR count). The SMILES string of the molecule is C=C(C)N.CC.CC(C)(C)OC=O.CNC(C(=O)Nc1nnc(CCSCCc2nnc(NC(=O)CC(C)C)s2)s1)C(C)C. The van der Waals surface area contributed by atoms with E-state index in [1.807, 2.05) is 62.3 Å². The molecule has 5 N–H and O–H groups in total. The first kappa shape index (κ1) is 43.5. The van der Waals surface area contributed by atoms with Gasteiger partial charge >= 0.3 is 0 Å². The summed E-state index contributed by atoms with van der Waals surface area (Å²) in [5, 5.41) is 28.0. The molecule has 2 amide bonds. The number of anilines is 2. The molecule has 0 aliphatic rings. The van der Waals surface area contributed by atoms with E-state index in [4.69, 9.17) is 5.73 Å². The van der Waals surface area contributed by atoms with Crippen molar-refractivity contribution in [1.29, 1.82) is 0 Å². The zero-order valence-electron chi connectivity index (χ0n) is 28.3. The molecule has 0 saturated heterocycles. The molecule has 1 atom stereocenters. The minimum absolute atomic E-state index is 0.0228. The third-order valence-electron chi connectivity index (χ3n) is 4.59. The second kappa shape index (κ2) is 24.7. The van der Waals surface area contributed by atoms with Crippen LogP contribution in [0.4, 0.5) is 10.3 Å². The Morgan fingerprint density at radius 3 is 1.77 bits per heavy atom. The van der Waals surface area contributed by atoms with Crippen molar-refractivity contribution in [1.82, 2.24) is 25.7 Å². The number of likely N-dealkylation sites (N-methyl/N-ethyl adjacent to an activating group) is 1. The number of amides is 2. The summed E-state index contributed by atoms with van der Waals surface area (Å²) in [5.74, 6) is 2.21. The van der Waals surface area contributed by atoms with E-state index in [0.717, 1.165) is 34.4 Å². The van der Waals surface area contributed by atoms with Crippen LogP contribution in [0.5, 0.6) is 0 Å². The highest BCUT2D eigenvalue weighted by Crippen LogP contribution is 2.20. The molecule has 0 radical (unpaired) electrons. The topological polar surface area (TPSA) is 174 Å². The summed E-state index contributed by atoms with van der Waals surface area (Å²) in [6.07, 6.45) is 2.08. The predicted octanol–water partition coefficient (Wildman–Crippen LogP) is 5.54. The number of allylic oxidation sites excluding steroid dienone is 1. The molecule has 2 aromatic rings. The molecule has 0 bridgehead atoms. The number of thioether (sulfide) groups is 1. The van der Waals surface area contributed by atoms with E-state index >= 15 is 0 Å². The summed E-state index contributed by atoms with van der Waals surface area (Å²) in [4.78, 5) is 33.7. The second-order valence-electron chi connectivity index (χ2n) is 10.9. The molecule has 252 valence electrons. The van der Waals surface area contributed by atoms with Crippen LogP contribution in [0, 0.1) is 11.8 Å². The van der Waals surface area contributed by atoms with Gasteiger partial charge in [-0.1, -0.05) is 70.8 Å². The third-order valence-corrected chi connectivity index (χ3v) is 7.37. The Hall–Kier alpha value is -2.62. The van der Waals surface area contributed by atoms with Gasteiger partial charge in [0.15, 0.2) is 0 Å². The standard InChI is InChI=1S/C19H31N7O2S3.C5H10O2.C3H7N.C2H6/c1-11(2)10-13(27)21-18-25-23-14(30-18)6-8-29-9-7-15-24-26-19(31-15)22-17(28)16(20-5)12(3)4;1-5(2,3)7-4-6;1-3(2)4;1-2/h11-12,16,20H,6-10H2,1-5H3,(H,21,25,27)(H,22,26,28);4H,1-3H3;1,4H2,2H3;1-2H3. The van der Waals surface area contributed by atoms with E-state index in [1.54, 1.807) is 25.7 Å². The number of carbonyl (C=O) groups is 3. The summed E-state index contributed by atoms with van der Waals surface area (Å²) < 4.78 is 4.55. The van der Waals surface area contributed by atoms with Crippen LogP contribution in [-0.4, -0.2) is 68.9 Å². The quantitative estimate of drug-likeness (QED) is 0.146. The normalized spacial score (nSPS) is 11.1. The van der Waals surface area contributed by atoms with Gasteiger partial charge in [-0.15, -0.1) is 20.4 Å². The lowest BCUT2D eigenvalue weighted by molar-refractivity contribution is -0.138. The molecule has 0 aliphatic carbocycles. The Labute approximate surface area is 276 Å². The monoisotopic (exact) mass is 674 g/mol. The fraction of sp³-hybridized carbons (Fsp3) is 0.690. The van der Waals surface area contributed by atoms with Crippen LogP contribution >= 0.6 is 34.4 Å². The first-order chi connectivity index (χ1) is 20.6. The number of carbonyl (C=O) groups excluding carboxylic acids is 3. The number of nitrogens with two attached hydrogens (primary N) is 1. The molecule has 0 aromatic carbocycles. The van der Waals surface area contributed by atoms with E-state index in [9.17, 15) is 14.4 Å². The van der Waals surface area contributed by atoms with E-state index in [-0.39, 0.29) is 29.4 Å². The van der Waals surface area contributed by atoms with Gasteiger partial charge in [-0.3, -0.25) is 19.7 Å². The second-order valence-corrected chi connectivity index (χ2v) is 14.3. The molecule has 1 unspecified atom stereocenters. The average Bonchev–Trinajstić information content (AvgIpc) is 3.53. The number of ether oxygens (including phenoxy) is 1. The number of nitrogens with one attached hydrogen (secondary N) is 3. The fourth-order valence-corrected chi connectivity index (χ4v) is 5.50. The molecule has 2 aromatic heterocycles. The largest absolute Gasteiger partial charge is 0.462 e. The summed E-state index contributed by atoms with van der Waals surface area (Å²) in [6.45, 7) is 23.0. The van der Waals surface area contributed by atoms with Crippen molar-refractivity contribution >= 4 is 63.0 Å². The lowest BCUT2D eigenvalue weighted by Crippen LogP contribution is -2.42. The summed E-state index contributed by atoms with van der Waals surface area (Å²) in [7, 11) is 1.78. The Morgan fingerprint density at radius 1 is 0.977 bits per heavy atom. The molecule has 12 nitrogen and oxygen atoms in total. The van der Waals surface area contributed by atoms with Crippen molar-refractivity contribution in [3.05, 3.63) is 22.3 Å². The molecule has 0 spiro atoms. The van der Waals surface area contributed by atoms with E-state index < -0.39 is 0 Å². The Bertz CT molecular complexity index is 1080. The van der Waals surface area contributed by atoms with Crippen molar-refractivity contribution in [3.63, 3.8) is 0 Å². The molecular weight excluding hydrogens is 621 g/mol. The van der Waals surface area contributed by atoms with E-state index in [2.05, 4.69) is 47.7 Å². The van der Waals surface area contributed by atoms with Crippen molar-refractivity contribution in [2.75, 3.05) is 29.2 Å². The number of rotatable bonds is 14. The van der Waals surface area contributed by atoms with Crippen LogP contribution in [0.2, 0.25) is 0 Å². The summed E-state index contributed by atoms with van der Waals surface area (Å²) in [5.41, 5.74) is 5.27. The first-order valence-corrected chi connectivity index (χ1v) is 17.4. The summed E-state index contributed by atoms with van der Waals surface area (Å²) in [6, 6.07) is -0.257. The van der Waals surface area contributed by atoms with Gasteiger partial charge in [0.25, 0.3) is 6.47 Å². The third kappa shape index (κ3) is 23.8. The van der Waals surface area contributed by atoms with Gasteiger partial charge < -0.3 is 21.1 Å². The minimum Gasteiger partial charge on any atom is -0.462 e. The van der Waals surface area contributed by atoms with Gasteiger partial charge in [-0.05, 0) is 63.8 Å². The van der Waals surface area contributed by atoms with Gasteiger partial charge in [0.2, 0.25) is 22.1 Å². The van der Waals surface area contributed by atoms with Crippen LogP contribution in [0.3, 0.4) is 0 Å². The number of nitrogens with zero attached hydrogens (tertiary/aromatic N) is 4. The average molecular weight is 675 g/mol. The Morgan fingerprint density at radius 2 is 1.43 bits per heavy atom. The zero-order chi connectivity index (χ0) is 34.3. The predicted molar refractivity (Wildman–Crippen MR) is 186 cm³/mol.